The molecule has 0 spiro atoms. The zero-order valence-corrected chi connectivity index (χ0v) is 11.1. The molecule has 19 heavy (non-hydrogen) atoms. The lowest BCUT2D eigenvalue weighted by Crippen LogP contribution is -2.32. The van der Waals surface area contributed by atoms with Crippen LogP contribution in [0.3, 0.4) is 0 Å². The number of hydrogen-bond donors (Lipinski definition) is 0. The summed E-state index contributed by atoms with van der Waals surface area (Å²) in [7, 11) is 1.78. The van der Waals surface area contributed by atoms with Gasteiger partial charge in [-0.05, 0) is 17.7 Å². The zero-order chi connectivity index (χ0) is 13.2. The van der Waals surface area contributed by atoms with Crippen LogP contribution in [0.4, 0.5) is 0 Å². The van der Waals surface area contributed by atoms with Crippen LogP contribution < -0.4 is 0 Å². The summed E-state index contributed by atoms with van der Waals surface area (Å²) in [6.07, 6.45) is 0.270. The first kappa shape index (κ1) is 12.6. The average molecular weight is 258 g/mol. The van der Waals surface area contributed by atoms with Crippen molar-refractivity contribution in [3.63, 3.8) is 0 Å². The minimum atomic E-state index is 0.270. The molecule has 1 aromatic carbocycles. The van der Waals surface area contributed by atoms with Crippen LogP contribution in [0, 0.1) is 17.2 Å². The van der Waals surface area contributed by atoms with Gasteiger partial charge in [-0.3, -0.25) is 4.90 Å². The predicted octanol–water partition coefficient (Wildman–Crippen LogP) is 1.40. The molecule has 0 aromatic heterocycles. The molecule has 0 saturated carbocycles. The second-order valence-corrected chi connectivity index (χ2v) is 5.28. The monoisotopic (exact) mass is 258 g/mol. The van der Waals surface area contributed by atoms with Crippen molar-refractivity contribution < 1.29 is 9.47 Å². The van der Waals surface area contributed by atoms with Gasteiger partial charge in [-0.2, -0.15) is 5.26 Å². The summed E-state index contributed by atoms with van der Waals surface area (Å²) in [6, 6.07) is 10.5. The zero-order valence-electron chi connectivity index (χ0n) is 11.1. The summed E-state index contributed by atoms with van der Waals surface area (Å²) in [5.74, 6) is 0.490. The largest absolute Gasteiger partial charge is 0.380 e. The number of likely N-dealkylation sites (tertiary alicyclic amines) is 1. The first-order valence-electron chi connectivity index (χ1n) is 6.65. The summed E-state index contributed by atoms with van der Waals surface area (Å²) in [6.45, 7) is 3.41. The molecule has 3 rings (SSSR count). The van der Waals surface area contributed by atoms with Crippen LogP contribution in [-0.4, -0.2) is 43.9 Å². The van der Waals surface area contributed by atoms with Crippen LogP contribution in [0.2, 0.25) is 0 Å². The first-order chi connectivity index (χ1) is 9.31. The van der Waals surface area contributed by atoms with E-state index in [9.17, 15) is 0 Å². The summed E-state index contributed by atoms with van der Waals surface area (Å²) >= 11 is 0. The fraction of sp³-hybridized carbons (Fsp3) is 0.533. The molecule has 0 aliphatic carbocycles. The Bertz CT molecular complexity index is 497. The number of nitrogens with zero attached hydrogens (tertiary/aromatic N) is 2. The van der Waals surface area contributed by atoms with Gasteiger partial charge in [0.25, 0.3) is 0 Å². The molecule has 4 heteroatoms. The molecule has 0 N–H and O–H groups in total. The molecule has 0 bridgehead atoms. The van der Waals surface area contributed by atoms with Crippen LogP contribution in [-0.2, 0) is 16.0 Å². The molecule has 2 heterocycles. The van der Waals surface area contributed by atoms with Crippen molar-refractivity contribution in [3.05, 3.63) is 35.4 Å². The van der Waals surface area contributed by atoms with E-state index in [1.54, 1.807) is 7.11 Å². The van der Waals surface area contributed by atoms with Crippen LogP contribution in [0.25, 0.3) is 0 Å². The quantitative estimate of drug-likeness (QED) is 0.822. The van der Waals surface area contributed by atoms with Gasteiger partial charge in [0.05, 0.1) is 31.0 Å². The third-order valence-electron chi connectivity index (χ3n) is 4.20. The average Bonchev–Trinajstić information content (AvgIpc) is 3.03. The van der Waals surface area contributed by atoms with E-state index >= 15 is 0 Å². The lowest BCUT2D eigenvalue weighted by atomic mass is 10.0. The fourth-order valence-corrected chi connectivity index (χ4v) is 3.20. The number of benzene rings is 1. The number of nitriles is 1. The van der Waals surface area contributed by atoms with E-state index in [1.807, 2.05) is 18.2 Å². The third-order valence-corrected chi connectivity index (χ3v) is 4.20. The van der Waals surface area contributed by atoms with Crippen molar-refractivity contribution in [1.82, 2.24) is 4.90 Å². The summed E-state index contributed by atoms with van der Waals surface area (Å²) in [5, 5.41) is 8.95. The van der Waals surface area contributed by atoms with Gasteiger partial charge in [0.2, 0.25) is 0 Å². The number of hydrogen-bond acceptors (Lipinski definition) is 4. The number of fused-ring (bicyclic) bond motifs is 1. The molecular weight excluding hydrogens is 240 g/mol. The van der Waals surface area contributed by atoms with Gasteiger partial charge in [-0.15, -0.1) is 0 Å². The molecule has 2 saturated heterocycles. The van der Waals surface area contributed by atoms with Crippen molar-refractivity contribution in [2.75, 3.05) is 26.9 Å². The van der Waals surface area contributed by atoms with Crippen molar-refractivity contribution in [3.8, 4) is 6.07 Å². The lowest BCUT2D eigenvalue weighted by Gasteiger charge is -2.22. The van der Waals surface area contributed by atoms with E-state index < -0.39 is 0 Å². The van der Waals surface area contributed by atoms with Gasteiger partial charge in [0.1, 0.15) is 0 Å². The highest BCUT2D eigenvalue weighted by atomic mass is 16.5. The number of ether oxygens (including phenoxy) is 2. The van der Waals surface area contributed by atoms with Gasteiger partial charge in [0, 0.05) is 32.2 Å². The minimum absolute atomic E-state index is 0.270. The second kappa shape index (κ2) is 5.30. The number of rotatable bonds is 3. The smallest absolute Gasteiger partial charge is 0.0991 e. The van der Waals surface area contributed by atoms with E-state index in [-0.39, 0.29) is 6.10 Å². The Morgan fingerprint density at radius 1 is 1.47 bits per heavy atom. The van der Waals surface area contributed by atoms with E-state index in [0.29, 0.717) is 12.0 Å². The SMILES string of the molecule is CO[C@@H]1CN(Cc2cccc(C#N)c2)[C@H]2COC[C@@H]12. The standard InChI is InChI=1S/C15H18N2O2/c1-18-15-8-17(14-10-19-9-13(14)15)7-12-4-2-3-11(5-12)6-16/h2-5,13-15H,7-10H2,1H3/t13-,14+,15-/m1/s1. The molecule has 0 unspecified atom stereocenters. The van der Waals surface area contributed by atoms with Crippen LogP contribution in [0.15, 0.2) is 24.3 Å². The topological polar surface area (TPSA) is 45.5 Å². The minimum Gasteiger partial charge on any atom is -0.380 e. The normalized spacial score (nSPS) is 30.2. The number of methoxy groups -OCH3 is 1. The summed E-state index contributed by atoms with van der Waals surface area (Å²) < 4.78 is 11.1. The molecule has 2 aliphatic rings. The van der Waals surface area contributed by atoms with E-state index in [1.165, 1.54) is 5.56 Å². The van der Waals surface area contributed by atoms with E-state index in [2.05, 4.69) is 17.0 Å². The summed E-state index contributed by atoms with van der Waals surface area (Å²) in [4.78, 5) is 2.42. The Morgan fingerprint density at radius 2 is 2.37 bits per heavy atom. The van der Waals surface area contributed by atoms with Crippen molar-refractivity contribution in [1.29, 1.82) is 5.26 Å². The van der Waals surface area contributed by atoms with Crippen LogP contribution in [0.5, 0.6) is 0 Å². The molecule has 1 aromatic rings. The van der Waals surface area contributed by atoms with E-state index in [0.717, 1.165) is 31.9 Å². The molecule has 4 nitrogen and oxygen atoms in total. The van der Waals surface area contributed by atoms with Crippen molar-refractivity contribution >= 4 is 0 Å². The van der Waals surface area contributed by atoms with Gasteiger partial charge in [0.15, 0.2) is 0 Å². The van der Waals surface area contributed by atoms with Crippen molar-refractivity contribution in [2.45, 2.75) is 18.7 Å². The van der Waals surface area contributed by atoms with Crippen LogP contribution >= 0.6 is 0 Å². The Balaban J connectivity index is 1.74. The van der Waals surface area contributed by atoms with Crippen LogP contribution in [0.1, 0.15) is 11.1 Å². The molecule has 100 valence electrons. The molecule has 0 radical (unpaired) electrons. The maximum absolute atomic E-state index is 8.95. The Hall–Kier alpha value is -1.41. The molecular formula is C15H18N2O2. The molecule has 0 amide bonds. The van der Waals surface area contributed by atoms with Gasteiger partial charge >= 0.3 is 0 Å². The molecule has 2 aliphatic heterocycles. The Labute approximate surface area is 113 Å². The Kier molecular flexibility index (Phi) is 3.52. The predicted molar refractivity (Wildman–Crippen MR) is 70.5 cm³/mol. The summed E-state index contributed by atoms with van der Waals surface area (Å²) in [5.41, 5.74) is 1.90. The maximum atomic E-state index is 8.95. The highest BCUT2D eigenvalue weighted by Crippen LogP contribution is 2.32. The Morgan fingerprint density at radius 3 is 3.16 bits per heavy atom. The highest BCUT2D eigenvalue weighted by Gasteiger charge is 2.45. The van der Waals surface area contributed by atoms with Crippen molar-refractivity contribution in [2.24, 2.45) is 5.92 Å². The molecule has 2 fully saturated rings. The third kappa shape index (κ3) is 2.37. The molecule has 3 atom stereocenters. The first-order valence-corrected chi connectivity index (χ1v) is 6.65. The van der Waals surface area contributed by atoms with Gasteiger partial charge in [-0.1, -0.05) is 12.1 Å². The maximum Gasteiger partial charge on any atom is 0.0991 e. The second-order valence-electron chi connectivity index (χ2n) is 5.28. The fourth-order valence-electron chi connectivity index (χ4n) is 3.20. The van der Waals surface area contributed by atoms with E-state index in [4.69, 9.17) is 14.7 Å². The van der Waals surface area contributed by atoms with Gasteiger partial charge < -0.3 is 9.47 Å². The lowest BCUT2D eigenvalue weighted by molar-refractivity contribution is 0.0532. The van der Waals surface area contributed by atoms with Gasteiger partial charge in [-0.25, -0.2) is 0 Å². The highest BCUT2D eigenvalue weighted by molar-refractivity contribution is 5.32.